The van der Waals surface area contributed by atoms with Crippen LogP contribution in [-0.4, -0.2) is 92.1 Å². The molecule has 1 saturated heterocycles. The summed E-state index contributed by atoms with van der Waals surface area (Å²) in [6.45, 7) is 3.40. The van der Waals surface area contributed by atoms with E-state index in [-0.39, 0.29) is 22.4 Å². The molecule has 2 aromatic heterocycles. The van der Waals surface area contributed by atoms with E-state index < -0.39 is 29.2 Å². The maximum Gasteiger partial charge on any atom is 0.278 e. The molecule has 2 amide bonds. The number of nitrogens with two attached hydrogens (primary N) is 1. The number of carboxylic acid groups (broad SMARTS) is 1. The van der Waals surface area contributed by atoms with Gasteiger partial charge in [0.2, 0.25) is 11.5 Å². The number of hydrogen-bond acceptors (Lipinski definition) is 13. The van der Waals surface area contributed by atoms with Crippen molar-refractivity contribution >= 4 is 63.3 Å². The fourth-order valence-electron chi connectivity index (χ4n) is 3.99. The molecular weight excluding hydrogens is 552 g/mol. The van der Waals surface area contributed by atoms with Gasteiger partial charge in [0.05, 0.1) is 48.4 Å². The molecule has 2 atom stereocenters. The van der Waals surface area contributed by atoms with E-state index >= 15 is 0 Å². The summed E-state index contributed by atoms with van der Waals surface area (Å²) in [5.74, 6) is -2.48. The molecular formula is C22H26N8O5S3. The lowest BCUT2D eigenvalue weighted by atomic mass is 10.0. The standard InChI is InChI=1S/C22H26N8O5S3/c1-11-13(37-10-24-11)8-30(2,3)7-5-6-12-9-36-20-15(19(32)29(20)16(12)21(33)34)25-18(31)14(27-35-4)17-26-22(23)38-28-17/h5-6,10,15,20H,7-9H2,1-4H3,(H3-,23,25,26,28,31,33,34)/b6-5+,27-14-/t15-,20+/m1/s1. The Bertz CT molecular complexity index is 1350. The van der Waals surface area contributed by atoms with Gasteiger partial charge >= 0.3 is 0 Å². The van der Waals surface area contributed by atoms with Crippen LogP contribution in [-0.2, 0) is 25.8 Å². The minimum absolute atomic E-state index is 0.0404. The molecule has 4 rings (SSSR count). The zero-order valence-corrected chi connectivity index (χ0v) is 23.5. The maximum atomic E-state index is 13.0. The number of aryl methyl sites for hydroxylation is 1. The Balaban J connectivity index is 1.46. The first-order valence-electron chi connectivity index (χ1n) is 11.3. The van der Waals surface area contributed by atoms with Crippen LogP contribution in [0.4, 0.5) is 5.13 Å². The number of amides is 2. The van der Waals surface area contributed by atoms with E-state index in [2.05, 4.69) is 38.9 Å². The summed E-state index contributed by atoms with van der Waals surface area (Å²) in [4.78, 5) is 53.2. The average Bonchev–Trinajstić information content (AvgIpc) is 3.47. The molecule has 2 aliphatic heterocycles. The van der Waals surface area contributed by atoms with Gasteiger partial charge in [-0.3, -0.25) is 14.5 Å². The molecule has 38 heavy (non-hydrogen) atoms. The first-order valence-corrected chi connectivity index (χ1v) is 14.0. The smallest absolute Gasteiger partial charge is 0.278 e. The number of nitrogens with one attached hydrogen (secondary N) is 1. The van der Waals surface area contributed by atoms with Gasteiger partial charge < -0.3 is 30.3 Å². The summed E-state index contributed by atoms with van der Waals surface area (Å²) in [6, 6.07) is -0.969. The molecule has 202 valence electrons. The minimum atomic E-state index is -1.45. The number of β-lactam (4-membered cyclic amide) rings is 1. The van der Waals surface area contributed by atoms with Crippen molar-refractivity contribution in [3.8, 4) is 0 Å². The summed E-state index contributed by atoms with van der Waals surface area (Å²) >= 11 is 3.83. The second-order valence-electron chi connectivity index (χ2n) is 9.14. The number of thioether (sulfide) groups is 1. The van der Waals surface area contributed by atoms with Gasteiger partial charge in [-0.1, -0.05) is 11.2 Å². The number of carbonyl (C=O) groups excluding carboxylic acids is 3. The highest BCUT2D eigenvalue weighted by molar-refractivity contribution is 8.00. The lowest BCUT2D eigenvalue weighted by Crippen LogP contribution is -2.71. The molecule has 0 bridgehead atoms. The third kappa shape index (κ3) is 5.72. The molecule has 0 saturated carbocycles. The number of oxime groups is 1. The average molecular weight is 579 g/mol. The molecule has 3 N–H and O–H groups in total. The van der Waals surface area contributed by atoms with E-state index in [1.54, 1.807) is 17.4 Å². The van der Waals surface area contributed by atoms with Crippen LogP contribution in [0.2, 0.25) is 0 Å². The predicted molar refractivity (Wildman–Crippen MR) is 142 cm³/mol. The van der Waals surface area contributed by atoms with Crippen LogP contribution in [0, 0.1) is 6.92 Å². The van der Waals surface area contributed by atoms with Crippen LogP contribution in [0.25, 0.3) is 0 Å². The Kier molecular flexibility index (Phi) is 8.15. The first-order chi connectivity index (χ1) is 18.0. The largest absolute Gasteiger partial charge is 0.543 e. The molecule has 0 spiro atoms. The Labute approximate surface area is 230 Å². The summed E-state index contributed by atoms with van der Waals surface area (Å²) in [5, 5.41) is 17.8. The fourth-order valence-corrected chi connectivity index (χ4v) is 6.73. The lowest BCUT2D eigenvalue weighted by Gasteiger charge is -2.50. The van der Waals surface area contributed by atoms with Crippen LogP contribution in [0.1, 0.15) is 16.4 Å². The number of hydrogen-bond donors (Lipinski definition) is 2. The van der Waals surface area contributed by atoms with Crippen molar-refractivity contribution in [2.24, 2.45) is 5.16 Å². The van der Waals surface area contributed by atoms with Gasteiger partial charge in [0, 0.05) is 17.3 Å². The number of carboxylic acids is 1. The number of aliphatic carboxylic acids is 1. The Hall–Kier alpha value is -3.34. The second kappa shape index (κ2) is 11.2. The number of likely N-dealkylation sites (N-methyl/N-ethyl adjacent to an activating group) is 1. The quantitative estimate of drug-likeness (QED) is 0.161. The number of nitrogen functional groups attached to an aromatic ring is 1. The summed E-state index contributed by atoms with van der Waals surface area (Å²) in [6.07, 6.45) is 3.63. The Morgan fingerprint density at radius 3 is 2.79 bits per heavy atom. The van der Waals surface area contributed by atoms with Crippen molar-refractivity contribution < 1.29 is 28.8 Å². The fraction of sp³-hybridized carbons (Fsp3) is 0.409. The molecule has 4 heterocycles. The number of carbonyl (C=O) groups is 3. The zero-order valence-electron chi connectivity index (χ0n) is 21.0. The van der Waals surface area contributed by atoms with Gasteiger partial charge in [-0.05, 0) is 18.6 Å². The number of anilines is 1. The summed E-state index contributed by atoms with van der Waals surface area (Å²) in [7, 11) is 5.40. The van der Waals surface area contributed by atoms with Crippen molar-refractivity contribution in [3.63, 3.8) is 0 Å². The van der Waals surface area contributed by atoms with E-state index in [0.717, 1.165) is 28.7 Å². The highest BCUT2D eigenvalue weighted by Crippen LogP contribution is 2.40. The second-order valence-corrected chi connectivity index (χ2v) is 12.0. The number of allylic oxidation sites excluding steroid dienone is 1. The number of nitrogens with zero attached hydrogens (tertiary/aromatic N) is 6. The van der Waals surface area contributed by atoms with E-state index in [1.807, 2.05) is 18.5 Å². The molecule has 0 unspecified atom stereocenters. The van der Waals surface area contributed by atoms with Gasteiger partial charge in [0.25, 0.3) is 11.8 Å². The van der Waals surface area contributed by atoms with E-state index in [0.29, 0.717) is 22.4 Å². The Morgan fingerprint density at radius 1 is 1.42 bits per heavy atom. The van der Waals surface area contributed by atoms with Crippen LogP contribution >= 0.6 is 34.6 Å². The molecule has 1 fully saturated rings. The van der Waals surface area contributed by atoms with Crippen LogP contribution in [0.3, 0.4) is 0 Å². The van der Waals surface area contributed by atoms with Gasteiger partial charge in [-0.2, -0.15) is 9.36 Å². The van der Waals surface area contributed by atoms with E-state index in [9.17, 15) is 19.5 Å². The predicted octanol–water partition coefficient (Wildman–Crippen LogP) is -0.528. The summed E-state index contributed by atoms with van der Waals surface area (Å²) < 4.78 is 4.60. The normalized spacial score (nSPS) is 19.9. The molecule has 0 aliphatic carbocycles. The molecule has 0 radical (unpaired) electrons. The van der Waals surface area contributed by atoms with Crippen molar-refractivity contribution in [3.05, 3.63) is 45.3 Å². The number of rotatable bonds is 10. The maximum absolute atomic E-state index is 13.0. The highest BCUT2D eigenvalue weighted by atomic mass is 32.2. The topological polar surface area (TPSA) is 176 Å². The Morgan fingerprint density at radius 2 is 2.18 bits per heavy atom. The monoisotopic (exact) mass is 578 g/mol. The molecule has 0 aromatic carbocycles. The van der Waals surface area contributed by atoms with Crippen molar-refractivity contribution in [2.45, 2.75) is 24.9 Å². The molecule has 13 nitrogen and oxygen atoms in total. The molecule has 16 heteroatoms. The number of aromatic nitrogens is 3. The third-order valence-electron chi connectivity index (χ3n) is 5.86. The van der Waals surface area contributed by atoms with Gasteiger partial charge in [0.15, 0.2) is 5.13 Å². The van der Waals surface area contributed by atoms with Gasteiger partial charge in [-0.25, -0.2) is 4.98 Å². The van der Waals surface area contributed by atoms with Crippen LogP contribution in [0.5, 0.6) is 0 Å². The van der Waals surface area contributed by atoms with Gasteiger partial charge in [0.1, 0.15) is 25.1 Å². The minimum Gasteiger partial charge on any atom is -0.543 e. The van der Waals surface area contributed by atoms with Crippen LogP contribution in [0.15, 0.2) is 34.1 Å². The van der Waals surface area contributed by atoms with E-state index in [4.69, 9.17) is 10.6 Å². The lowest BCUT2D eigenvalue weighted by molar-refractivity contribution is -0.897. The molecule has 2 aromatic rings. The van der Waals surface area contributed by atoms with Crippen LogP contribution < -0.4 is 16.2 Å². The number of thiazole rings is 1. The number of quaternary nitrogens is 1. The first kappa shape index (κ1) is 27.7. The highest BCUT2D eigenvalue weighted by Gasteiger charge is 2.53. The SMILES string of the molecule is CO/N=C(\C(=O)N[C@@H]1C(=O)N2C(C(=O)[O-])=C(/C=C/C[N+](C)(C)Cc3scnc3C)CS[C@@H]12)c1nsc(N)n1. The van der Waals surface area contributed by atoms with Crippen molar-refractivity contribution in [1.82, 2.24) is 24.6 Å². The van der Waals surface area contributed by atoms with Crippen molar-refractivity contribution in [2.75, 3.05) is 39.2 Å². The van der Waals surface area contributed by atoms with E-state index in [1.165, 1.54) is 23.7 Å². The summed E-state index contributed by atoms with van der Waals surface area (Å²) in [5.41, 5.74) is 8.45. The number of fused-ring (bicyclic) bond motifs is 1. The van der Waals surface area contributed by atoms with Gasteiger partial charge in [-0.15, -0.1) is 23.1 Å². The zero-order chi connectivity index (χ0) is 27.6. The molecule has 2 aliphatic rings. The van der Waals surface area contributed by atoms with Crippen molar-refractivity contribution in [1.29, 1.82) is 0 Å². The third-order valence-corrected chi connectivity index (χ3v) is 8.63.